The Labute approximate surface area is 168 Å². The topological polar surface area (TPSA) is 3.88 Å². The van der Waals surface area contributed by atoms with Gasteiger partial charge in [0.05, 0.1) is 5.39 Å². The Morgan fingerprint density at radius 3 is 2.14 bits per heavy atom. The van der Waals surface area contributed by atoms with E-state index in [0.717, 1.165) is 0 Å². The zero-order valence-corrected chi connectivity index (χ0v) is 17.5. The molecule has 0 aliphatic rings. The summed E-state index contributed by atoms with van der Waals surface area (Å²) in [6.07, 6.45) is 0. The van der Waals surface area contributed by atoms with Gasteiger partial charge in [-0.3, -0.25) is 0 Å². The summed E-state index contributed by atoms with van der Waals surface area (Å²) in [6.45, 7) is 8.98. The van der Waals surface area contributed by atoms with Gasteiger partial charge in [0.15, 0.2) is 5.69 Å². The highest BCUT2D eigenvalue weighted by atomic mass is 14.9. The first-order valence-electron chi connectivity index (χ1n) is 10.1. The zero-order valence-electron chi connectivity index (χ0n) is 17.5. The molecule has 0 saturated heterocycles. The van der Waals surface area contributed by atoms with Crippen molar-refractivity contribution >= 4 is 10.8 Å². The van der Waals surface area contributed by atoms with Gasteiger partial charge in [-0.25, -0.2) is 0 Å². The van der Waals surface area contributed by atoms with E-state index in [0.29, 0.717) is 5.92 Å². The van der Waals surface area contributed by atoms with Crippen LogP contribution >= 0.6 is 0 Å². The third-order valence-electron chi connectivity index (χ3n) is 5.82. The fraction of sp³-hybridized carbons (Fsp3) is 0.222. The average Bonchev–Trinajstić information content (AvgIpc) is 2.70. The number of hydrogen-bond donors (Lipinski definition) is 0. The number of nitrogens with zero attached hydrogens (tertiary/aromatic N) is 1. The molecular formula is C27H28N+. The predicted molar refractivity (Wildman–Crippen MR) is 120 cm³/mol. The average molecular weight is 367 g/mol. The number of hydrogen-bond acceptors (Lipinski definition) is 0. The van der Waals surface area contributed by atoms with E-state index < -0.39 is 0 Å². The standard InChI is InChI=1S/C27H28N/c1-18(2)23-12-9-13-25-26(23)17-20(4)28(5)27(25)24-15-14-22(16-19(24)3)21-10-7-6-8-11-21/h6-18H,1-5H3/q+1. The fourth-order valence-electron chi connectivity index (χ4n) is 4.18. The van der Waals surface area contributed by atoms with Gasteiger partial charge in [0.25, 0.3) is 0 Å². The number of aromatic nitrogens is 1. The Morgan fingerprint density at radius 1 is 0.714 bits per heavy atom. The lowest BCUT2D eigenvalue weighted by Crippen LogP contribution is -2.35. The third kappa shape index (κ3) is 3.11. The summed E-state index contributed by atoms with van der Waals surface area (Å²) in [5.41, 5.74) is 9.13. The summed E-state index contributed by atoms with van der Waals surface area (Å²) in [5.74, 6) is 0.505. The Morgan fingerprint density at radius 2 is 1.46 bits per heavy atom. The van der Waals surface area contributed by atoms with Gasteiger partial charge < -0.3 is 0 Å². The van der Waals surface area contributed by atoms with Crippen LogP contribution in [0.3, 0.4) is 0 Å². The number of aryl methyl sites for hydroxylation is 2. The Balaban J connectivity index is 1.97. The van der Waals surface area contributed by atoms with Crippen molar-refractivity contribution in [2.24, 2.45) is 7.05 Å². The minimum absolute atomic E-state index is 0.505. The Kier molecular flexibility index (Phi) is 4.77. The summed E-state index contributed by atoms with van der Waals surface area (Å²) in [4.78, 5) is 0. The van der Waals surface area contributed by atoms with Crippen LogP contribution in [0, 0.1) is 13.8 Å². The summed E-state index contributed by atoms with van der Waals surface area (Å²) in [5, 5.41) is 2.70. The molecule has 4 aromatic rings. The van der Waals surface area contributed by atoms with Crippen molar-refractivity contribution in [2.75, 3.05) is 0 Å². The molecule has 28 heavy (non-hydrogen) atoms. The van der Waals surface area contributed by atoms with E-state index in [4.69, 9.17) is 0 Å². The molecule has 0 spiro atoms. The van der Waals surface area contributed by atoms with Crippen molar-refractivity contribution < 1.29 is 4.57 Å². The minimum Gasteiger partial charge on any atom is -0.198 e. The molecule has 1 heteroatoms. The first-order chi connectivity index (χ1) is 13.5. The van der Waals surface area contributed by atoms with Gasteiger partial charge in [0, 0.05) is 18.6 Å². The lowest BCUT2D eigenvalue weighted by atomic mass is 9.91. The maximum atomic E-state index is 2.34. The SMILES string of the molecule is Cc1cc(-c2ccccc2)ccc1-c1c2cccc(C(C)C)c2cc(C)[n+]1C. The molecule has 1 heterocycles. The molecule has 0 radical (unpaired) electrons. The maximum absolute atomic E-state index is 2.34. The highest BCUT2D eigenvalue weighted by Gasteiger charge is 2.21. The van der Waals surface area contributed by atoms with Crippen LogP contribution in [0.25, 0.3) is 33.2 Å². The van der Waals surface area contributed by atoms with Gasteiger partial charge in [-0.15, -0.1) is 0 Å². The summed E-state index contributed by atoms with van der Waals surface area (Å²) in [7, 11) is 2.18. The quantitative estimate of drug-likeness (QED) is 0.354. The molecule has 3 aromatic carbocycles. The molecule has 0 aliphatic carbocycles. The van der Waals surface area contributed by atoms with E-state index in [9.17, 15) is 0 Å². The molecule has 0 amide bonds. The molecule has 0 unspecified atom stereocenters. The van der Waals surface area contributed by atoms with Gasteiger partial charge in [0.2, 0.25) is 5.69 Å². The van der Waals surface area contributed by atoms with Gasteiger partial charge in [-0.05, 0) is 52.6 Å². The van der Waals surface area contributed by atoms with Crippen molar-refractivity contribution in [3.8, 4) is 22.4 Å². The summed E-state index contributed by atoms with van der Waals surface area (Å²) in [6, 6.07) is 26.5. The van der Waals surface area contributed by atoms with Gasteiger partial charge in [-0.1, -0.05) is 68.4 Å². The second-order valence-electron chi connectivity index (χ2n) is 8.05. The van der Waals surface area contributed by atoms with Crippen LogP contribution in [-0.4, -0.2) is 0 Å². The largest absolute Gasteiger partial charge is 0.220 e. The lowest BCUT2D eigenvalue weighted by Gasteiger charge is -2.15. The van der Waals surface area contributed by atoms with E-state index in [1.165, 1.54) is 50.0 Å². The number of rotatable bonds is 3. The van der Waals surface area contributed by atoms with E-state index in [1.807, 2.05) is 0 Å². The smallest absolute Gasteiger partial charge is 0.198 e. The van der Waals surface area contributed by atoms with Crippen molar-refractivity contribution in [3.63, 3.8) is 0 Å². The van der Waals surface area contributed by atoms with E-state index >= 15 is 0 Å². The second kappa shape index (κ2) is 7.24. The van der Waals surface area contributed by atoms with E-state index in [2.05, 4.69) is 112 Å². The van der Waals surface area contributed by atoms with Crippen molar-refractivity contribution in [3.05, 3.63) is 89.6 Å². The van der Waals surface area contributed by atoms with Crippen LogP contribution in [0.1, 0.15) is 36.6 Å². The normalized spacial score (nSPS) is 11.4. The van der Waals surface area contributed by atoms with Crippen LogP contribution < -0.4 is 4.57 Å². The van der Waals surface area contributed by atoms with Gasteiger partial charge in [0.1, 0.15) is 7.05 Å². The third-order valence-corrected chi connectivity index (χ3v) is 5.82. The summed E-state index contributed by atoms with van der Waals surface area (Å²) < 4.78 is 2.33. The second-order valence-corrected chi connectivity index (χ2v) is 8.05. The van der Waals surface area contributed by atoms with Crippen molar-refractivity contribution in [1.29, 1.82) is 0 Å². The first-order valence-corrected chi connectivity index (χ1v) is 10.1. The Hall–Kier alpha value is -2.93. The maximum Gasteiger partial charge on any atom is 0.220 e. The molecule has 0 aliphatic heterocycles. The van der Waals surface area contributed by atoms with E-state index in [1.54, 1.807) is 0 Å². The molecule has 0 N–H and O–H groups in total. The zero-order chi connectivity index (χ0) is 19.8. The molecule has 0 bridgehead atoms. The fourth-order valence-corrected chi connectivity index (χ4v) is 4.18. The molecule has 0 saturated carbocycles. The monoisotopic (exact) mass is 366 g/mol. The van der Waals surface area contributed by atoms with Crippen LogP contribution in [0.2, 0.25) is 0 Å². The Bertz CT molecular complexity index is 1150. The van der Waals surface area contributed by atoms with Gasteiger partial charge in [-0.2, -0.15) is 4.57 Å². The molecular weight excluding hydrogens is 338 g/mol. The number of benzene rings is 3. The molecule has 140 valence electrons. The van der Waals surface area contributed by atoms with Crippen LogP contribution in [0.4, 0.5) is 0 Å². The highest BCUT2D eigenvalue weighted by molar-refractivity contribution is 5.96. The molecule has 0 atom stereocenters. The van der Waals surface area contributed by atoms with Crippen LogP contribution in [-0.2, 0) is 7.05 Å². The van der Waals surface area contributed by atoms with E-state index in [-0.39, 0.29) is 0 Å². The molecule has 1 nitrogen and oxygen atoms in total. The van der Waals surface area contributed by atoms with Crippen LogP contribution in [0.5, 0.6) is 0 Å². The van der Waals surface area contributed by atoms with Gasteiger partial charge >= 0.3 is 0 Å². The van der Waals surface area contributed by atoms with Crippen molar-refractivity contribution in [1.82, 2.24) is 0 Å². The lowest BCUT2D eigenvalue weighted by molar-refractivity contribution is -0.665. The predicted octanol–water partition coefficient (Wildman–Crippen LogP) is 6.74. The van der Waals surface area contributed by atoms with Crippen LogP contribution in [0.15, 0.2) is 72.8 Å². The first kappa shape index (κ1) is 18.4. The van der Waals surface area contributed by atoms with Crippen molar-refractivity contribution in [2.45, 2.75) is 33.6 Å². The molecule has 1 aromatic heterocycles. The molecule has 4 rings (SSSR count). The number of pyridine rings is 1. The minimum atomic E-state index is 0.505. The summed E-state index contributed by atoms with van der Waals surface area (Å²) >= 11 is 0. The molecule has 0 fully saturated rings. The highest BCUT2D eigenvalue weighted by Crippen LogP contribution is 2.34. The number of fused-ring (bicyclic) bond motifs is 1.